The van der Waals surface area contributed by atoms with Crippen LogP contribution in [-0.2, 0) is 0 Å². The highest BCUT2D eigenvalue weighted by molar-refractivity contribution is 7.12. The minimum Gasteiger partial charge on any atom is -0.344 e. The van der Waals surface area contributed by atoms with Gasteiger partial charge in [0.05, 0.1) is 23.4 Å². The largest absolute Gasteiger partial charge is 0.344 e. The number of rotatable bonds is 5. The minimum absolute atomic E-state index is 0.315. The summed E-state index contributed by atoms with van der Waals surface area (Å²) in [5.41, 5.74) is 1.89. The summed E-state index contributed by atoms with van der Waals surface area (Å²) in [4.78, 5) is 25.3. The van der Waals surface area contributed by atoms with Crippen LogP contribution in [0.2, 0.25) is 5.02 Å². The molecule has 6 nitrogen and oxygen atoms in total. The molecular formula is C17H16ClN5OS. The molecule has 0 fully saturated rings. The fourth-order valence-corrected chi connectivity index (χ4v) is 3.21. The topological polar surface area (TPSA) is 90.5 Å². The Balaban J connectivity index is 2.23. The van der Waals surface area contributed by atoms with Gasteiger partial charge in [0.1, 0.15) is 10.7 Å². The summed E-state index contributed by atoms with van der Waals surface area (Å²) in [6.45, 7) is 1.81. The second-order valence-corrected chi connectivity index (χ2v) is 6.38. The Labute approximate surface area is 154 Å². The van der Waals surface area contributed by atoms with Gasteiger partial charge in [-0.2, -0.15) is 5.26 Å². The van der Waals surface area contributed by atoms with E-state index in [1.54, 1.807) is 20.3 Å². The number of nitriles is 1. The van der Waals surface area contributed by atoms with Crippen LogP contribution in [-0.4, -0.2) is 42.5 Å². The van der Waals surface area contributed by atoms with Crippen molar-refractivity contribution in [2.45, 2.75) is 13.0 Å². The molecule has 1 unspecified atom stereocenters. The molecule has 25 heavy (non-hydrogen) atoms. The molecule has 0 aliphatic heterocycles. The third-order valence-corrected chi connectivity index (χ3v) is 4.39. The fraction of sp³-hybridized carbons (Fsp3) is 0.235. The van der Waals surface area contributed by atoms with E-state index in [-0.39, 0.29) is 5.91 Å². The highest BCUT2D eigenvalue weighted by Crippen LogP contribution is 2.15. The lowest BCUT2D eigenvalue weighted by Crippen LogP contribution is -2.42. The van der Waals surface area contributed by atoms with Crippen molar-refractivity contribution in [3.63, 3.8) is 0 Å². The highest BCUT2D eigenvalue weighted by Gasteiger charge is 2.21. The molecule has 1 aromatic heterocycles. The highest BCUT2D eigenvalue weighted by atomic mass is 35.5. The number of carbonyl (C=O) groups excluding carboxylic acids is 1. The summed E-state index contributed by atoms with van der Waals surface area (Å²) in [6, 6.07) is 6.10. The molecule has 2 rings (SSSR count). The van der Waals surface area contributed by atoms with Crippen LogP contribution in [0.5, 0.6) is 0 Å². The molecule has 0 aliphatic carbocycles. The number of nitrogens with zero attached hydrogens (tertiary/aromatic N) is 4. The number of carbonyl (C=O) groups is 1. The quantitative estimate of drug-likeness (QED) is 0.817. The second kappa shape index (κ2) is 8.51. The zero-order valence-corrected chi connectivity index (χ0v) is 15.5. The molecule has 1 amide bonds. The van der Waals surface area contributed by atoms with E-state index < -0.39 is 6.04 Å². The Kier molecular flexibility index (Phi) is 6.39. The zero-order chi connectivity index (χ0) is 18.4. The summed E-state index contributed by atoms with van der Waals surface area (Å²) in [5.74, 6) is -0.345. The molecule has 0 saturated carbocycles. The van der Waals surface area contributed by atoms with Crippen LogP contribution in [0, 0.1) is 11.3 Å². The first-order valence-corrected chi connectivity index (χ1v) is 8.61. The van der Waals surface area contributed by atoms with Gasteiger partial charge in [-0.25, -0.2) is 4.98 Å². The number of thiazole rings is 1. The van der Waals surface area contributed by atoms with Crippen molar-refractivity contribution in [2.75, 3.05) is 14.1 Å². The number of aliphatic imine (C=N–C) groups is 2. The summed E-state index contributed by atoms with van der Waals surface area (Å²) in [5, 5.41) is 14.8. The zero-order valence-electron chi connectivity index (χ0n) is 13.9. The third kappa shape index (κ3) is 4.50. The molecule has 1 heterocycles. The molecule has 0 saturated heterocycles. The molecule has 0 spiro atoms. The van der Waals surface area contributed by atoms with Gasteiger partial charge in [-0.05, 0) is 25.1 Å². The van der Waals surface area contributed by atoms with E-state index in [9.17, 15) is 4.79 Å². The van der Waals surface area contributed by atoms with Crippen molar-refractivity contribution in [1.29, 1.82) is 5.26 Å². The van der Waals surface area contributed by atoms with Gasteiger partial charge in [-0.15, -0.1) is 11.3 Å². The number of amides is 1. The van der Waals surface area contributed by atoms with Crippen molar-refractivity contribution in [2.24, 2.45) is 9.98 Å². The Morgan fingerprint density at radius 1 is 1.36 bits per heavy atom. The average Bonchev–Trinajstić information content (AvgIpc) is 3.12. The number of benzene rings is 1. The van der Waals surface area contributed by atoms with Gasteiger partial charge in [0.25, 0.3) is 5.91 Å². The van der Waals surface area contributed by atoms with E-state index in [1.165, 1.54) is 29.5 Å². The number of halogens is 1. The fourth-order valence-electron chi connectivity index (χ4n) is 2.30. The number of aromatic nitrogens is 1. The monoisotopic (exact) mass is 373 g/mol. The van der Waals surface area contributed by atoms with Crippen LogP contribution in [0.4, 0.5) is 0 Å². The van der Waals surface area contributed by atoms with E-state index in [1.807, 2.05) is 18.4 Å². The molecule has 0 bridgehead atoms. The summed E-state index contributed by atoms with van der Waals surface area (Å²) in [7, 11) is 3.30. The molecule has 0 aliphatic rings. The molecule has 1 N–H and O–H groups in total. The van der Waals surface area contributed by atoms with Crippen LogP contribution in [0.25, 0.3) is 0 Å². The third-order valence-electron chi connectivity index (χ3n) is 3.39. The average molecular weight is 374 g/mol. The van der Waals surface area contributed by atoms with E-state index in [4.69, 9.17) is 16.9 Å². The van der Waals surface area contributed by atoms with Crippen molar-refractivity contribution in [3.05, 3.63) is 50.9 Å². The maximum atomic E-state index is 12.5. The molecule has 128 valence electrons. The number of nitrogens with one attached hydrogen (secondary N) is 1. The van der Waals surface area contributed by atoms with Crippen molar-refractivity contribution >= 4 is 40.3 Å². The van der Waals surface area contributed by atoms with E-state index in [0.717, 1.165) is 5.01 Å². The van der Waals surface area contributed by atoms with Crippen LogP contribution in [0.1, 0.15) is 27.9 Å². The Hall–Kier alpha value is -2.56. The molecule has 2 aromatic rings. The molecule has 1 aromatic carbocycles. The van der Waals surface area contributed by atoms with Crippen molar-refractivity contribution in [3.8, 4) is 6.07 Å². The molecule has 1 atom stereocenters. The predicted molar refractivity (Wildman–Crippen MR) is 101 cm³/mol. The minimum atomic E-state index is -0.399. The first kappa shape index (κ1) is 18.8. The molecule has 8 heteroatoms. The van der Waals surface area contributed by atoms with Crippen LogP contribution < -0.4 is 5.32 Å². The van der Waals surface area contributed by atoms with Gasteiger partial charge >= 0.3 is 0 Å². The van der Waals surface area contributed by atoms with E-state index >= 15 is 0 Å². The van der Waals surface area contributed by atoms with Gasteiger partial charge in [-0.1, -0.05) is 11.6 Å². The second-order valence-electron chi connectivity index (χ2n) is 5.05. The lowest BCUT2D eigenvalue weighted by molar-refractivity contribution is 0.0949. The normalized spacial score (nSPS) is 13.2. The first-order chi connectivity index (χ1) is 12.0. The van der Waals surface area contributed by atoms with Crippen molar-refractivity contribution < 1.29 is 4.79 Å². The summed E-state index contributed by atoms with van der Waals surface area (Å²) >= 11 is 7.41. The Bertz CT molecular complexity index is 868. The standard InChI is InChI=1S/C17H16ClN5OS/c1-10(14(20-2)15(21-3)17-22-4-5-25-17)23-16(24)12-6-11(9-19)7-13(18)8-12/h4-8,10H,1-3H3,(H,23,24). The van der Waals surface area contributed by atoms with Crippen molar-refractivity contribution in [1.82, 2.24) is 10.3 Å². The predicted octanol–water partition coefficient (Wildman–Crippen LogP) is 2.98. The maximum Gasteiger partial charge on any atom is 0.251 e. The lowest BCUT2D eigenvalue weighted by atomic mass is 10.1. The molecule has 0 radical (unpaired) electrons. The Morgan fingerprint density at radius 2 is 2.12 bits per heavy atom. The van der Waals surface area contributed by atoms with Gasteiger partial charge in [-0.3, -0.25) is 14.8 Å². The van der Waals surface area contributed by atoms with Gasteiger partial charge < -0.3 is 5.32 Å². The van der Waals surface area contributed by atoms with E-state index in [2.05, 4.69) is 20.3 Å². The summed E-state index contributed by atoms with van der Waals surface area (Å²) < 4.78 is 0. The summed E-state index contributed by atoms with van der Waals surface area (Å²) in [6.07, 6.45) is 1.69. The number of hydrogen-bond acceptors (Lipinski definition) is 6. The van der Waals surface area contributed by atoms with Crippen LogP contribution in [0.3, 0.4) is 0 Å². The van der Waals surface area contributed by atoms with Gasteiger partial charge in [0.2, 0.25) is 0 Å². The maximum absolute atomic E-state index is 12.5. The SMILES string of the molecule is CN=C(C(=NC)C(C)NC(=O)c1cc(Cl)cc(C#N)c1)c1nccs1. The van der Waals surface area contributed by atoms with Gasteiger partial charge in [0.15, 0.2) is 0 Å². The van der Waals surface area contributed by atoms with E-state index in [0.29, 0.717) is 27.6 Å². The van der Waals surface area contributed by atoms with Gasteiger partial charge in [0, 0.05) is 36.3 Å². The first-order valence-electron chi connectivity index (χ1n) is 7.35. The molecular weight excluding hydrogens is 358 g/mol. The smallest absolute Gasteiger partial charge is 0.251 e. The Morgan fingerprint density at radius 3 is 2.68 bits per heavy atom. The van der Waals surface area contributed by atoms with Crippen LogP contribution in [0.15, 0.2) is 39.8 Å². The number of hydrogen-bond donors (Lipinski definition) is 1. The van der Waals surface area contributed by atoms with Crippen LogP contribution >= 0.6 is 22.9 Å². The lowest BCUT2D eigenvalue weighted by Gasteiger charge is -2.17.